The van der Waals surface area contributed by atoms with Gasteiger partial charge in [-0.1, -0.05) is 54.6 Å². The van der Waals surface area contributed by atoms with Crippen LogP contribution in [0.4, 0.5) is 0 Å². The first-order chi connectivity index (χ1) is 15.1. The van der Waals surface area contributed by atoms with Crippen LogP contribution >= 0.6 is 0 Å². The second kappa shape index (κ2) is 9.97. The third-order valence-electron chi connectivity index (χ3n) is 6.22. The highest BCUT2D eigenvalue weighted by Gasteiger charge is 2.27. The lowest BCUT2D eigenvalue weighted by Gasteiger charge is -2.21. The Morgan fingerprint density at radius 1 is 1.03 bits per heavy atom. The molecule has 0 spiro atoms. The Labute approximate surface area is 184 Å². The molecule has 1 aliphatic carbocycles. The van der Waals surface area contributed by atoms with Gasteiger partial charge in [-0.15, -0.1) is 0 Å². The van der Waals surface area contributed by atoms with Gasteiger partial charge in [0.25, 0.3) is 0 Å². The zero-order chi connectivity index (χ0) is 21.6. The Kier molecular flexibility index (Phi) is 6.88. The van der Waals surface area contributed by atoms with Crippen LogP contribution in [0.2, 0.25) is 0 Å². The molecule has 0 heterocycles. The molecule has 3 atom stereocenters. The summed E-state index contributed by atoms with van der Waals surface area (Å²) in [5.41, 5.74) is 2.70. The van der Waals surface area contributed by atoms with Crippen LogP contribution in [0.3, 0.4) is 0 Å². The van der Waals surface area contributed by atoms with Gasteiger partial charge in [0.1, 0.15) is 5.75 Å². The van der Waals surface area contributed by atoms with Crippen LogP contribution in [-0.2, 0) is 9.53 Å². The minimum atomic E-state index is -0.336. The van der Waals surface area contributed by atoms with Crippen molar-refractivity contribution < 1.29 is 14.3 Å². The van der Waals surface area contributed by atoms with Crippen molar-refractivity contribution in [3.63, 3.8) is 0 Å². The molecule has 0 amide bonds. The van der Waals surface area contributed by atoms with Crippen molar-refractivity contribution in [3.05, 3.63) is 77.9 Å². The molecule has 0 aromatic heterocycles. The number of carbonyl (C=O) groups excluding carboxylic acids is 1. The summed E-state index contributed by atoms with van der Waals surface area (Å²) in [6, 6.07) is 24.2. The maximum atomic E-state index is 11.4. The van der Waals surface area contributed by atoms with Crippen molar-refractivity contribution >= 4 is 16.7 Å². The fourth-order valence-electron chi connectivity index (χ4n) is 4.69. The van der Waals surface area contributed by atoms with Crippen molar-refractivity contribution in [2.75, 3.05) is 13.2 Å². The molecule has 3 aromatic rings. The Morgan fingerprint density at radius 3 is 2.61 bits per heavy atom. The molecule has 162 valence electrons. The van der Waals surface area contributed by atoms with Crippen LogP contribution in [0.1, 0.15) is 56.2 Å². The summed E-state index contributed by atoms with van der Waals surface area (Å²) < 4.78 is 10.4. The summed E-state index contributed by atoms with van der Waals surface area (Å²) in [5, 5.41) is 6.49. The number of carbonyl (C=O) groups is 1. The normalized spacial score (nSPS) is 19.3. The molecule has 0 saturated heterocycles. The third-order valence-corrected chi connectivity index (χ3v) is 6.22. The number of ether oxygens (including phenoxy) is 2. The Morgan fingerprint density at radius 2 is 1.81 bits per heavy atom. The van der Waals surface area contributed by atoms with Gasteiger partial charge in [0.2, 0.25) is 0 Å². The highest BCUT2D eigenvalue weighted by Crippen LogP contribution is 2.36. The predicted molar refractivity (Wildman–Crippen MR) is 124 cm³/mol. The van der Waals surface area contributed by atoms with Crippen molar-refractivity contribution in [2.24, 2.45) is 0 Å². The summed E-state index contributed by atoms with van der Waals surface area (Å²) in [7, 11) is 0. The van der Waals surface area contributed by atoms with Gasteiger partial charge in [0, 0.05) is 12.1 Å². The van der Waals surface area contributed by atoms with Crippen molar-refractivity contribution in [1.82, 2.24) is 5.32 Å². The average molecular weight is 418 g/mol. The smallest absolute Gasteiger partial charge is 0.344 e. The van der Waals surface area contributed by atoms with Crippen molar-refractivity contribution in [1.29, 1.82) is 0 Å². The van der Waals surface area contributed by atoms with Gasteiger partial charge in [0.05, 0.1) is 6.61 Å². The number of fused-ring (bicyclic) bond motifs is 1. The maximum Gasteiger partial charge on any atom is 0.344 e. The number of hydrogen-bond donors (Lipinski definition) is 1. The predicted octanol–water partition coefficient (Wildman–Crippen LogP) is 5.77. The monoisotopic (exact) mass is 417 g/mol. The highest BCUT2D eigenvalue weighted by atomic mass is 16.6. The molecule has 1 aliphatic rings. The molecular formula is C27H31NO3. The second-order valence-corrected chi connectivity index (χ2v) is 8.33. The summed E-state index contributed by atoms with van der Waals surface area (Å²) in [6.07, 6.45) is 3.50. The number of nitrogens with one attached hydrogen (secondary N) is 1. The first kappa shape index (κ1) is 21.4. The molecule has 1 N–H and O–H groups in total. The van der Waals surface area contributed by atoms with Crippen LogP contribution in [0.15, 0.2) is 66.7 Å². The summed E-state index contributed by atoms with van der Waals surface area (Å²) >= 11 is 0. The van der Waals surface area contributed by atoms with E-state index in [1.165, 1.54) is 34.7 Å². The molecule has 1 saturated carbocycles. The van der Waals surface area contributed by atoms with Gasteiger partial charge in [-0.25, -0.2) is 4.79 Å². The molecule has 4 heteroatoms. The van der Waals surface area contributed by atoms with E-state index < -0.39 is 0 Å². The van der Waals surface area contributed by atoms with Gasteiger partial charge >= 0.3 is 5.97 Å². The van der Waals surface area contributed by atoms with Crippen molar-refractivity contribution in [2.45, 2.75) is 51.1 Å². The lowest BCUT2D eigenvalue weighted by molar-refractivity contribution is -0.145. The average Bonchev–Trinajstić information content (AvgIpc) is 3.26. The van der Waals surface area contributed by atoms with Gasteiger partial charge in [0.15, 0.2) is 6.61 Å². The van der Waals surface area contributed by atoms with E-state index in [9.17, 15) is 4.79 Å². The highest BCUT2D eigenvalue weighted by molar-refractivity contribution is 5.86. The van der Waals surface area contributed by atoms with E-state index in [0.717, 1.165) is 6.42 Å². The lowest BCUT2D eigenvalue weighted by Crippen LogP contribution is -2.29. The fraction of sp³-hybridized carbons (Fsp3) is 0.370. The van der Waals surface area contributed by atoms with E-state index >= 15 is 0 Å². The molecule has 3 aromatic carbocycles. The molecule has 1 fully saturated rings. The van der Waals surface area contributed by atoms with E-state index in [-0.39, 0.29) is 12.6 Å². The topological polar surface area (TPSA) is 47.6 Å². The largest absolute Gasteiger partial charge is 0.482 e. The summed E-state index contributed by atoms with van der Waals surface area (Å²) in [5.74, 6) is 0.918. The van der Waals surface area contributed by atoms with Gasteiger partial charge < -0.3 is 14.8 Å². The fourth-order valence-corrected chi connectivity index (χ4v) is 4.69. The quantitative estimate of drug-likeness (QED) is 0.473. The summed E-state index contributed by atoms with van der Waals surface area (Å²) in [4.78, 5) is 11.4. The molecule has 4 rings (SSSR count). The van der Waals surface area contributed by atoms with E-state index in [1.807, 2.05) is 12.1 Å². The molecule has 0 bridgehead atoms. The second-order valence-electron chi connectivity index (χ2n) is 8.33. The maximum absolute atomic E-state index is 11.4. The number of rotatable bonds is 8. The van der Waals surface area contributed by atoms with E-state index in [2.05, 4.69) is 66.8 Å². The van der Waals surface area contributed by atoms with Crippen LogP contribution in [0.25, 0.3) is 10.8 Å². The van der Waals surface area contributed by atoms with Crippen LogP contribution in [-0.4, -0.2) is 25.2 Å². The molecule has 4 nitrogen and oxygen atoms in total. The molecule has 0 radical (unpaired) electrons. The lowest BCUT2D eigenvalue weighted by atomic mass is 9.96. The minimum Gasteiger partial charge on any atom is -0.482 e. The zero-order valence-electron chi connectivity index (χ0n) is 18.3. The Balaban J connectivity index is 1.33. The van der Waals surface area contributed by atoms with Gasteiger partial charge in [-0.2, -0.15) is 0 Å². The van der Waals surface area contributed by atoms with E-state index in [0.29, 0.717) is 30.4 Å². The first-order valence-electron chi connectivity index (χ1n) is 11.3. The van der Waals surface area contributed by atoms with E-state index in [1.54, 1.807) is 6.92 Å². The first-order valence-corrected chi connectivity index (χ1v) is 11.3. The number of benzene rings is 3. The third kappa shape index (κ3) is 5.26. The summed E-state index contributed by atoms with van der Waals surface area (Å²) in [6.45, 7) is 4.38. The van der Waals surface area contributed by atoms with E-state index in [4.69, 9.17) is 9.47 Å². The molecule has 31 heavy (non-hydrogen) atoms. The minimum absolute atomic E-state index is 0.0470. The SMILES string of the molecule is CCOC(=O)COc1ccc([C@@H]2CC[C@@H](N[C@H](C)c3cccc4ccccc34)C2)cc1. The van der Waals surface area contributed by atoms with Crippen LogP contribution in [0.5, 0.6) is 5.75 Å². The van der Waals surface area contributed by atoms with Gasteiger partial charge in [-0.3, -0.25) is 0 Å². The number of esters is 1. The Hall–Kier alpha value is -2.85. The van der Waals surface area contributed by atoms with Crippen molar-refractivity contribution in [3.8, 4) is 5.75 Å². The molecule has 0 aliphatic heterocycles. The van der Waals surface area contributed by atoms with Crippen LogP contribution in [0, 0.1) is 0 Å². The zero-order valence-corrected chi connectivity index (χ0v) is 18.3. The molecule has 0 unspecified atom stereocenters. The number of hydrogen-bond acceptors (Lipinski definition) is 4. The Bertz CT molecular complexity index is 1010. The van der Waals surface area contributed by atoms with Crippen LogP contribution < -0.4 is 10.1 Å². The molecular weight excluding hydrogens is 386 g/mol. The van der Waals surface area contributed by atoms with Gasteiger partial charge in [-0.05, 0) is 73.1 Å². The standard InChI is InChI=1S/C27H31NO3/c1-3-30-27(29)18-31-24-15-12-20(13-16-24)22-11-14-23(17-22)28-19(2)25-10-6-8-21-7-4-5-9-26(21)25/h4-10,12-13,15-16,19,22-23,28H,3,11,14,17-18H2,1-2H3/t19-,22-,23-/m1/s1.